The predicted octanol–water partition coefficient (Wildman–Crippen LogP) is 2.83. The molecule has 4 nitrogen and oxygen atoms in total. The number of anilines is 1. The van der Waals surface area contributed by atoms with Gasteiger partial charge in [-0.1, -0.05) is 12.8 Å². The number of hydrogen-bond acceptors (Lipinski definition) is 2. The van der Waals surface area contributed by atoms with E-state index in [0.29, 0.717) is 6.54 Å². The van der Waals surface area contributed by atoms with Crippen molar-refractivity contribution >= 4 is 17.5 Å². The van der Waals surface area contributed by atoms with E-state index in [2.05, 4.69) is 5.32 Å². The van der Waals surface area contributed by atoms with Gasteiger partial charge in [0, 0.05) is 19.0 Å². The second-order valence-corrected chi connectivity index (χ2v) is 6.10. The fraction of sp³-hybridized carbons (Fsp3) is 0.500. The monoisotopic (exact) mass is 326 g/mol. The third kappa shape index (κ3) is 3.04. The van der Waals surface area contributed by atoms with Crippen molar-refractivity contribution in [3.05, 3.63) is 29.6 Å². The quantitative estimate of drug-likeness (QED) is 0.869. The Morgan fingerprint density at radius 2 is 1.83 bits per heavy atom. The number of amides is 2. The number of hydrogen-bond donors (Lipinski definition) is 1. The lowest BCUT2D eigenvalue weighted by molar-refractivity contribution is -0.129. The standard InChI is InChI=1S/C16H17F3N2O2/c17-11-5-6-12(15(19)14(11)18)20-16(23)9-7-13(22)21(8-9)10-3-1-2-4-10/h5-6,9-10H,1-4,7-8H2,(H,20,23)/t9-/m1/s1. The molecule has 2 fully saturated rings. The molecule has 1 aromatic rings. The first-order valence-electron chi connectivity index (χ1n) is 7.71. The van der Waals surface area contributed by atoms with Gasteiger partial charge in [0.1, 0.15) is 0 Å². The summed E-state index contributed by atoms with van der Waals surface area (Å²) in [5, 5.41) is 2.25. The average Bonchev–Trinajstić information content (AvgIpc) is 3.17. The highest BCUT2D eigenvalue weighted by atomic mass is 19.2. The molecule has 1 aliphatic heterocycles. The van der Waals surface area contributed by atoms with E-state index < -0.39 is 35.0 Å². The van der Waals surface area contributed by atoms with Gasteiger partial charge in [-0.05, 0) is 25.0 Å². The van der Waals surface area contributed by atoms with Crippen molar-refractivity contribution < 1.29 is 22.8 Å². The lowest BCUT2D eigenvalue weighted by Gasteiger charge is -2.23. The van der Waals surface area contributed by atoms with Crippen LogP contribution in [0.3, 0.4) is 0 Å². The van der Waals surface area contributed by atoms with Gasteiger partial charge < -0.3 is 10.2 Å². The number of halogens is 3. The van der Waals surface area contributed by atoms with Crippen molar-refractivity contribution in [1.29, 1.82) is 0 Å². The molecule has 1 saturated heterocycles. The molecule has 23 heavy (non-hydrogen) atoms. The van der Waals surface area contributed by atoms with Crippen molar-refractivity contribution in [3.8, 4) is 0 Å². The molecule has 1 saturated carbocycles. The van der Waals surface area contributed by atoms with Gasteiger partial charge in [0.15, 0.2) is 17.5 Å². The zero-order valence-electron chi connectivity index (χ0n) is 12.4. The second-order valence-electron chi connectivity index (χ2n) is 6.10. The minimum absolute atomic E-state index is 0.0631. The summed E-state index contributed by atoms with van der Waals surface area (Å²) in [6.45, 7) is 0.292. The van der Waals surface area contributed by atoms with Gasteiger partial charge >= 0.3 is 0 Å². The molecule has 0 unspecified atom stereocenters. The third-order valence-corrected chi connectivity index (χ3v) is 4.59. The highest BCUT2D eigenvalue weighted by Gasteiger charge is 2.38. The molecule has 1 N–H and O–H groups in total. The largest absolute Gasteiger partial charge is 0.339 e. The fourth-order valence-electron chi connectivity index (χ4n) is 3.33. The van der Waals surface area contributed by atoms with Crippen LogP contribution in [0, 0.1) is 23.4 Å². The number of carbonyl (C=O) groups is 2. The summed E-state index contributed by atoms with van der Waals surface area (Å²) in [6.07, 6.45) is 4.10. The Bertz CT molecular complexity index is 644. The van der Waals surface area contributed by atoms with E-state index in [1.807, 2.05) is 0 Å². The Kier molecular flexibility index (Phi) is 4.28. The molecular formula is C16H17F3N2O2. The van der Waals surface area contributed by atoms with Crippen molar-refractivity contribution in [2.45, 2.75) is 38.1 Å². The van der Waals surface area contributed by atoms with Crippen LogP contribution in [0.5, 0.6) is 0 Å². The third-order valence-electron chi connectivity index (χ3n) is 4.59. The van der Waals surface area contributed by atoms with Crippen molar-refractivity contribution in [2.24, 2.45) is 5.92 Å². The molecule has 0 radical (unpaired) electrons. The molecule has 0 bridgehead atoms. The summed E-state index contributed by atoms with van der Waals surface area (Å²) in [5.41, 5.74) is -0.416. The molecule has 124 valence electrons. The van der Waals surface area contributed by atoms with E-state index in [0.717, 1.165) is 37.8 Å². The first-order valence-corrected chi connectivity index (χ1v) is 7.71. The van der Waals surface area contributed by atoms with E-state index in [1.165, 1.54) is 0 Å². The summed E-state index contributed by atoms with van der Waals surface area (Å²) in [5.74, 6) is -5.61. The molecular weight excluding hydrogens is 309 g/mol. The smallest absolute Gasteiger partial charge is 0.229 e. The Labute approximate surface area is 131 Å². The van der Waals surface area contributed by atoms with E-state index in [9.17, 15) is 22.8 Å². The number of rotatable bonds is 3. The zero-order valence-corrected chi connectivity index (χ0v) is 12.4. The van der Waals surface area contributed by atoms with E-state index in [1.54, 1.807) is 4.90 Å². The summed E-state index contributed by atoms with van der Waals surface area (Å²) < 4.78 is 39.7. The molecule has 3 rings (SSSR count). The second kappa shape index (κ2) is 6.22. The van der Waals surface area contributed by atoms with Crippen LogP contribution >= 0.6 is 0 Å². The molecule has 1 atom stereocenters. The number of likely N-dealkylation sites (tertiary alicyclic amines) is 1. The van der Waals surface area contributed by atoms with Gasteiger partial charge in [0.05, 0.1) is 11.6 Å². The van der Waals surface area contributed by atoms with Crippen molar-refractivity contribution in [1.82, 2.24) is 4.90 Å². The fourth-order valence-corrected chi connectivity index (χ4v) is 3.33. The maximum absolute atomic E-state index is 13.6. The lowest BCUT2D eigenvalue weighted by Crippen LogP contribution is -2.35. The number of nitrogens with one attached hydrogen (secondary N) is 1. The normalized spacial score (nSPS) is 22.0. The Morgan fingerprint density at radius 1 is 1.13 bits per heavy atom. The maximum Gasteiger partial charge on any atom is 0.229 e. The van der Waals surface area contributed by atoms with Crippen LogP contribution in [0.2, 0.25) is 0 Å². The van der Waals surface area contributed by atoms with E-state index in [4.69, 9.17) is 0 Å². The molecule has 0 aromatic heterocycles. The molecule has 2 amide bonds. The van der Waals surface area contributed by atoms with Crippen LogP contribution in [-0.4, -0.2) is 29.3 Å². The number of nitrogens with zero attached hydrogens (tertiary/aromatic N) is 1. The van der Waals surface area contributed by atoms with Crippen LogP contribution in [0.4, 0.5) is 18.9 Å². The summed E-state index contributed by atoms with van der Waals surface area (Å²) in [6, 6.07) is 1.90. The van der Waals surface area contributed by atoms with Gasteiger partial charge in [-0.3, -0.25) is 9.59 Å². The zero-order chi connectivity index (χ0) is 16.6. The van der Waals surface area contributed by atoms with Crippen LogP contribution in [0.1, 0.15) is 32.1 Å². The van der Waals surface area contributed by atoms with E-state index in [-0.39, 0.29) is 18.4 Å². The van der Waals surface area contributed by atoms with Crippen LogP contribution in [0.15, 0.2) is 12.1 Å². The number of carbonyl (C=O) groups excluding carboxylic acids is 2. The topological polar surface area (TPSA) is 49.4 Å². The predicted molar refractivity (Wildman–Crippen MR) is 77.0 cm³/mol. The molecule has 1 aliphatic carbocycles. The van der Waals surface area contributed by atoms with Crippen LogP contribution < -0.4 is 5.32 Å². The Hall–Kier alpha value is -2.05. The van der Waals surface area contributed by atoms with Gasteiger partial charge in [0.25, 0.3) is 0 Å². The average molecular weight is 326 g/mol. The van der Waals surface area contributed by atoms with E-state index >= 15 is 0 Å². The van der Waals surface area contributed by atoms with Crippen molar-refractivity contribution in [2.75, 3.05) is 11.9 Å². The van der Waals surface area contributed by atoms with Gasteiger partial charge in [-0.2, -0.15) is 0 Å². The highest BCUT2D eigenvalue weighted by molar-refractivity contribution is 5.97. The Balaban J connectivity index is 1.67. The van der Waals surface area contributed by atoms with Crippen LogP contribution in [-0.2, 0) is 9.59 Å². The first-order chi connectivity index (χ1) is 11.0. The minimum atomic E-state index is -1.63. The summed E-state index contributed by atoms with van der Waals surface area (Å²) >= 11 is 0. The minimum Gasteiger partial charge on any atom is -0.339 e. The summed E-state index contributed by atoms with van der Waals surface area (Å²) in [7, 11) is 0. The summed E-state index contributed by atoms with van der Waals surface area (Å²) in [4.78, 5) is 26.0. The molecule has 1 aromatic carbocycles. The van der Waals surface area contributed by atoms with Crippen molar-refractivity contribution in [3.63, 3.8) is 0 Å². The lowest BCUT2D eigenvalue weighted by atomic mass is 10.1. The molecule has 0 spiro atoms. The first kappa shape index (κ1) is 15.8. The van der Waals surface area contributed by atoms with Gasteiger partial charge in [0.2, 0.25) is 11.8 Å². The molecule has 7 heteroatoms. The number of benzene rings is 1. The Morgan fingerprint density at radius 3 is 2.52 bits per heavy atom. The SMILES string of the molecule is O=C(Nc1ccc(F)c(F)c1F)[C@@H]1CC(=O)N(C2CCCC2)C1. The van der Waals surface area contributed by atoms with Gasteiger partial charge in [-0.15, -0.1) is 0 Å². The highest BCUT2D eigenvalue weighted by Crippen LogP contribution is 2.30. The molecule has 1 heterocycles. The maximum atomic E-state index is 13.6. The van der Waals surface area contributed by atoms with Gasteiger partial charge in [-0.25, -0.2) is 13.2 Å². The molecule has 2 aliphatic rings. The van der Waals surface area contributed by atoms with Crippen LogP contribution in [0.25, 0.3) is 0 Å².